The van der Waals surface area contributed by atoms with Crippen molar-refractivity contribution < 1.29 is 27.8 Å². The summed E-state index contributed by atoms with van der Waals surface area (Å²) < 4.78 is 38.4. The van der Waals surface area contributed by atoms with Gasteiger partial charge in [0.25, 0.3) is 11.8 Å². The van der Waals surface area contributed by atoms with Crippen molar-refractivity contribution in [2.45, 2.75) is 45.5 Å². The highest BCUT2D eigenvalue weighted by molar-refractivity contribution is 7.18. The highest BCUT2D eigenvalue weighted by atomic mass is 32.1. The first-order valence-electron chi connectivity index (χ1n) is 10.0. The molecule has 2 aromatic rings. The van der Waals surface area contributed by atoms with Crippen LogP contribution < -0.4 is 5.32 Å². The molecular weight excluding hydrogens is 446 g/mol. The summed E-state index contributed by atoms with van der Waals surface area (Å²) in [7, 11) is 0. The van der Waals surface area contributed by atoms with Crippen LogP contribution in [0.2, 0.25) is 0 Å². The number of amides is 1. The predicted molar refractivity (Wildman–Crippen MR) is 115 cm³/mol. The fourth-order valence-corrected chi connectivity index (χ4v) is 6.01. The summed E-state index contributed by atoms with van der Waals surface area (Å²) in [5, 5.41) is 5.96. The smallest absolute Gasteiger partial charge is 0.336 e. The van der Waals surface area contributed by atoms with E-state index in [1.807, 2.05) is 12.3 Å². The van der Waals surface area contributed by atoms with Crippen LogP contribution in [0.5, 0.6) is 0 Å². The standard InChI is InChI=1S/C21H22F2N2O4S2/c1-3-29-20(27)14-9-28-7-5-12(14)17(26)25-19-16(18-24-11(2)10-30-18)13-4-6-21(22,23)8-15(13)31-19/h10H,3-9H2,1-2H3,(H,25,26). The number of carbonyl (C=O) groups is 2. The Balaban J connectivity index is 1.72. The van der Waals surface area contributed by atoms with Crippen molar-refractivity contribution in [2.75, 3.05) is 25.1 Å². The zero-order chi connectivity index (χ0) is 22.2. The molecule has 1 aliphatic heterocycles. The van der Waals surface area contributed by atoms with Crippen molar-refractivity contribution in [3.05, 3.63) is 32.7 Å². The van der Waals surface area contributed by atoms with Gasteiger partial charge in [-0.05, 0) is 25.8 Å². The van der Waals surface area contributed by atoms with Gasteiger partial charge >= 0.3 is 5.97 Å². The average Bonchev–Trinajstić information content (AvgIpc) is 3.29. The summed E-state index contributed by atoms with van der Waals surface area (Å²) in [5.41, 5.74) is 2.88. The zero-order valence-corrected chi connectivity index (χ0v) is 18.8. The number of nitrogens with zero attached hydrogens (tertiary/aromatic N) is 1. The summed E-state index contributed by atoms with van der Waals surface area (Å²) in [6.45, 7) is 4.07. The van der Waals surface area contributed by atoms with Gasteiger partial charge in [0.2, 0.25) is 0 Å². The van der Waals surface area contributed by atoms with E-state index in [1.165, 1.54) is 22.7 Å². The maximum absolute atomic E-state index is 14.0. The molecule has 0 radical (unpaired) electrons. The highest BCUT2D eigenvalue weighted by Crippen LogP contribution is 2.48. The number of esters is 1. The predicted octanol–water partition coefficient (Wildman–Crippen LogP) is 4.52. The van der Waals surface area contributed by atoms with E-state index < -0.39 is 17.8 Å². The Morgan fingerprint density at radius 3 is 2.84 bits per heavy atom. The number of aryl methyl sites for hydroxylation is 1. The fourth-order valence-electron chi connectivity index (χ4n) is 3.75. The van der Waals surface area contributed by atoms with Crippen molar-refractivity contribution in [3.8, 4) is 10.6 Å². The quantitative estimate of drug-likeness (QED) is 0.653. The molecule has 166 valence electrons. The van der Waals surface area contributed by atoms with Gasteiger partial charge in [0, 0.05) is 46.4 Å². The number of anilines is 1. The van der Waals surface area contributed by atoms with Gasteiger partial charge in [0.1, 0.15) is 10.0 Å². The number of thiophene rings is 1. The average molecular weight is 469 g/mol. The number of carbonyl (C=O) groups excluding carboxylic acids is 2. The van der Waals surface area contributed by atoms with Gasteiger partial charge in [-0.2, -0.15) is 0 Å². The van der Waals surface area contributed by atoms with Crippen LogP contribution in [0.3, 0.4) is 0 Å². The number of hydrogen-bond donors (Lipinski definition) is 1. The Kier molecular flexibility index (Phi) is 6.23. The third-order valence-electron chi connectivity index (χ3n) is 5.21. The molecule has 0 atom stereocenters. The van der Waals surface area contributed by atoms with Crippen LogP contribution in [-0.2, 0) is 31.9 Å². The number of ether oxygens (including phenoxy) is 2. The van der Waals surface area contributed by atoms with Crippen molar-refractivity contribution in [1.82, 2.24) is 4.98 Å². The van der Waals surface area contributed by atoms with Crippen molar-refractivity contribution in [3.63, 3.8) is 0 Å². The Morgan fingerprint density at radius 1 is 1.32 bits per heavy atom. The molecule has 3 heterocycles. The molecule has 1 N–H and O–H groups in total. The van der Waals surface area contributed by atoms with Crippen LogP contribution >= 0.6 is 22.7 Å². The molecule has 0 spiro atoms. The molecule has 0 saturated carbocycles. The normalized spacial score (nSPS) is 17.9. The monoisotopic (exact) mass is 468 g/mol. The lowest BCUT2D eigenvalue weighted by atomic mass is 9.93. The summed E-state index contributed by atoms with van der Waals surface area (Å²) in [4.78, 5) is 30.5. The first-order valence-corrected chi connectivity index (χ1v) is 11.7. The molecule has 6 nitrogen and oxygen atoms in total. The van der Waals surface area contributed by atoms with Gasteiger partial charge in [-0.3, -0.25) is 4.79 Å². The molecular formula is C21H22F2N2O4S2. The topological polar surface area (TPSA) is 77.5 Å². The number of halogens is 2. The van der Waals surface area contributed by atoms with E-state index in [-0.39, 0.29) is 44.5 Å². The van der Waals surface area contributed by atoms with Crippen molar-refractivity contribution in [1.29, 1.82) is 0 Å². The second kappa shape index (κ2) is 8.76. The molecule has 0 aromatic carbocycles. The van der Waals surface area contributed by atoms with Crippen LogP contribution in [0.25, 0.3) is 10.6 Å². The number of hydrogen-bond acceptors (Lipinski definition) is 7. The summed E-state index contributed by atoms with van der Waals surface area (Å²) in [6, 6.07) is 0. The van der Waals surface area contributed by atoms with Crippen LogP contribution in [0, 0.1) is 6.92 Å². The Labute approximate surface area is 186 Å². The summed E-state index contributed by atoms with van der Waals surface area (Å²) in [5.74, 6) is -3.77. The van der Waals surface area contributed by atoms with Gasteiger partial charge < -0.3 is 14.8 Å². The lowest BCUT2D eigenvalue weighted by Crippen LogP contribution is -2.26. The maximum Gasteiger partial charge on any atom is 0.336 e. The van der Waals surface area contributed by atoms with Crippen molar-refractivity contribution >= 4 is 39.6 Å². The molecule has 10 heteroatoms. The van der Waals surface area contributed by atoms with E-state index in [2.05, 4.69) is 10.3 Å². The van der Waals surface area contributed by atoms with Crippen LogP contribution in [0.15, 0.2) is 16.5 Å². The number of rotatable bonds is 5. The SMILES string of the molecule is CCOC(=O)C1=C(C(=O)Nc2sc3c(c2-c2nc(C)cs2)CCC(F)(F)C3)CCOC1. The minimum absolute atomic E-state index is 0.00722. The van der Waals surface area contributed by atoms with Gasteiger partial charge in [-0.1, -0.05) is 0 Å². The lowest BCUT2D eigenvalue weighted by Gasteiger charge is -2.21. The summed E-state index contributed by atoms with van der Waals surface area (Å²) in [6.07, 6.45) is -0.0655. The van der Waals surface area contributed by atoms with Crippen LogP contribution in [0.1, 0.15) is 35.9 Å². The maximum atomic E-state index is 14.0. The molecule has 0 unspecified atom stereocenters. The van der Waals surface area contributed by atoms with E-state index in [4.69, 9.17) is 9.47 Å². The Hall–Kier alpha value is -2.17. The third-order valence-corrected chi connectivity index (χ3v) is 7.34. The number of nitrogens with one attached hydrogen (secondary N) is 1. The molecule has 1 aliphatic carbocycles. The Bertz CT molecular complexity index is 1060. The van der Waals surface area contributed by atoms with E-state index in [9.17, 15) is 18.4 Å². The van der Waals surface area contributed by atoms with E-state index in [0.717, 1.165) is 11.3 Å². The van der Waals surface area contributed by atoms with Gasteiger partial charge in [0.15, 0.2) is 0 Å². The largest absolute Gasteiger partial charge is 0.463 e. The first-order chi connectivity index (χ1) is 14.8. The molecule has 0 fully saturated rings. The Morgan fingerprint density at radius 2 is 2.13 bits per heavy atom. The number of aromatic nitrogens is 1. The van der Waals surface area contributed by atoms with Crippen molar-refractivity contribution in [2.24, 2.45) is 0 Å². The molecule has 2 aliphatic rings. The van der Waals surface area contributed by atoms with E-state index in [0.29, 0.717) is 32.6 Å². The third kappa shape index (κ3) is 4.56. The van der Waals surface area contributed by atoms with Crippen LogP contribution in [-0.4, -0.2) is 42.6 Å². The lowest BCUT2D eigenvalue weighted by molar-refractivity contribution is -0.139. The minimum Gasteiger partial charge on any atom is -0.463 e. The van der Waals surface area contributed by atoms with E-state index >= 15 is 0 Å². The first kappa shape index (κ1) is 22.0. The molecule has 2 aromatic heterocycles. The van der Waals surface area contributed by atoms with Gasteiger partial charge in [-0.15, -0.1) is 22.7 Å². The molecule has 1 amide bonds. The van der Waals surface area contributed by atoms with Gasteiger partial charge in [0.05, 0.1) is 25.4 Å². The molecule has 31 heavy (non-hydrogen) atoms. The van der Waals surface area contributed by atoms with E-state index in [1.54, 1.807) is 6.92 Å². The second-order valence-electron chi connectivity index (χ2n) is 7.47. The molecule has 4 rings (SSSR count). The zero-order valence-electron chi connectivity index (χ0n) is 17.2. The number of fused-ring (bicyclic) bond motifs is 1. The second-order valence-corrected chi connectivity index (χ2v) is 9.43. The fraction of sp³-hybridized carbons (Fsp3) is 0.476. The summed E-state index contributed by atoms with van der Waals surface area (Å²) >= 11 is 2.58. The minimum atomic E-state index is -2.75. The highest BCUT2D eigenvalue weighted by Gasteiger charge is 2.38. The number of alkyl halides is 2. The molecule has 0 saturated heterocycles. The van der Waals surface area contributed by atoms with Gasteiger partial charge in [-0.25, -0.2) is 18.6 Å². The molecule has 0 bridgehead atoms. The number of thiazole rings is 1. The van der Waals surface area contributed by atoms with Crippen LogP contribution in [0.4, 0.5) is 13.8 Å².